The van der Waals surface area contributed by atoms with Gasteiger partial charge in [-0.05, 0) is 32.9 Å². The average Bonchev–Trinajstić information content (AvgIpc) is 2.34. The predicted octanol–water partition coefficient (Wildman–Crippen LogP) is 3.29. The van der Waals surface area contributed by atoms with Crippen molar-refractivity contribution in [3.63, 3.8) is 0 Å². The molecular formula is C15H22N2OS. The van der Waals surface area contributed by atoms with Crippen LogP contribution in [0.4, 0.5) is 5.69 Å². The highest BCUT2D eigenvalue weighted by atomic mass is 32.2. The zero-order valence-electron chi connectivity index (χ0n) is 11.8. The number of anilines is 1. The third-order valence-electron chi connectivity index (χ3n) is 2.30. The first kappa shape index (κ1) is 15.8. The van der Waals surface area contributed by atoms with E-state index in [1.165, 1.54) is 0 Å². The fourth-order valence-corrected chi connectivity index (χ4v) is 2.13. The lowest BCUT2D eigenvalue weighted by molar-refractivity contribution is -0.115. The highest BCUT2D eigenvalue weighted by molar-refractivity contribution is 7.99. The van der Waals surface area contributed by atoms with E-state index in [0.717, 1.165) is 16.3 Å². The van der Waals surface area contributed by atoms with Crippen molar-refractivity contribution in [3.8, 4) is 0 Å². The van der Waals surface area contributed by atoms with Crippen molar-refractivity contribution in [1.82, 2.24) is 5.32 Å². The molecule has 3 nitrogen and oxygen atoms in total. The van der Waals surface area contributed by atoms with Crippen LogP contribution in [-0.2, 0) is 4.79 Å². The molecule has 0 spiro atoms. The van der Waals surface area contributed by atoms with Gasteiger partial charge in [0.05, 0.1) is 12.2 Å². The summed E-state index contributed by atoms with van der Waals surface area (Å²) in [4.78, 5) is 12.9. The Bertz CT molecular complexity index is 438. The first-order valence-corrected chi connectivity index (χ1v) is 7.28. The Kier molecular flexibility index (Phi) is 6.12. The van der Waals surface area contributed by atoms with Crippen LogP contribution in [0.3, 0.4) is 0 Å². The third kappa shape index (κ3) is 6.45. The second kappa shape index (κ2) is 7.36. The zero-order chi connectivity index (χ0) is 14.3. The summed E-state index contributed by atoms with van der Waals surface area (Å²) >= 11 is 1.66. The second-order valence-electron chi connectivity index (χ2n) is 5.25. The summed E-state index contributed by atoms with van der Waals surface area (Å²) < 4.78 is 0. The Morgan fingerprint density at radius 1 is 1.37 bits per heavy atom. The van der Waals surface area contributed by atoms with Crippen LogP contribution in [0.1, 0.15) is 20.8 Å². The van der Waals surface area contributed by atoms with Crippen LogP contribution < -0.4 is 10.6 Å². The molecule has 0 saturated carbocycles. The van der Waals surface area contributed by atoms with Crippen molar-refractivity contribution in [2.45, 2.75) is 31.2 Å². The Morgan fingerprint density at radius 3 is 2.68 bits per heavy atom. The molecule has 0 saturated heterocycles. The molecule has 0 aromatic heterocycles. The Balaban J connectivity index is 2.60. The van der Waals surface area contributed by atoms with E-state index < -0.39 is 0 Å². The number of rotatable bonds is 6. The largest absolute Gasteiger partial charge is 0.324 e. The van der Waals surface area contributed by atoms with Gasteiger partial charge in [0, 0.05) is 16.2 Å². The van der Waals surface area contributed by atoms with E-state index >= 15 is 0 Å². The molecule has 0 unspecified atom stereocenters. The van der Waals surface area contributed by atoms with Crippen molar-refractivity contribution in [1.29, 1.82) is 0 Å². The molecular weight excluding hydrogens is 256 g/mol. The molecule has 0 aliphatic rings. The van der Waals surface area contributed by atoms with Gasteiger partial charge in [-0.1, -0.05) is 18.2 Å². The summed E-state index contributed by atoms with van der Waals surface area (Å²) in [6.45, 7) is 10.1. The summed E-state index contributed by atoms with van der Waals surface area (Å²) in [7, 11) is 0. The SMILES string of the molecule is C=CCSc1ccccc1NC(=O)CNC(C)(C)C. The Labute approximate surface area is 119 Å². The van der Waals surface area contributed by atoms with Gasteiger partial charge < -0.3 is 10.6 Å². The monoisotopic (exact) mass is 278 g/mol. The minimum absolute atomic E-state index is 0.0263. The van der Waals surface area contributed by atoms with Crippen molar-refractivity contribution >= 4 is 23.4 Å². The van der Waals surface area contributed by atoms with Crippen molar-refractivity contribution < 1.29 is 4.79 Å². The van der Waals surface area contributed by atoms with Crippen LogP contribution >= 0.6 is 11.8 Å². The van der Waals surface area contributed by atoms with E-state index in [-0.39, 0.29) is 11.4 Å². The summed E-state index contributed by atoms with van der Waals surface area (Å²) in [6, 6.07) is 7.81. The van der Waals surface area contributed by atoms with Gasteiger partial charge in [0.1, 0.15) is 0 Å². The molecule has 4 heteroatoms. The number of benzene rings is 1. The van der Waals surface area contributed by atoms with Gasteiger partial charge >= 0.3 is 0 Å². The van der Waals surface area contributed by atoms with E-state index in [4.69, 9.17) is 0 Å². The highest BCUT2D eigenvalue weighted by Gasteiger charge is 2.12. The number of hydrogen-bond donors (Lipinski definition) is 2. The molecule has 0 fully saturated rings. The fraction of sp³-hybridized carbons (Fsp3) is 0.400. The van der Waals surface area contributed by atoms with Crippen LogP contribution in [0.5, 0.6) is 0 Å². The summed E-state index contributed by atoms with van der Waals surface area (Å²) in [5.74, 6) is 0.800. The molecule has 0 heterocycles. The van der Waals surface area contributed by atoms with Gasteiger partial charge in [-0.25, -0.2) is 0 Å². The first-order chi connectivity index (χ1) is 8.92. The predicted molar refractivity (Wildman–Crippen MR) is 83.7 cm³/mol. The van der Waals surface area contributed by atoms with Gasteiger partial charge in [-0.15, -0.1) is 18.3 Å². The smallest absolute Gasteiger partial charge is 0.238 e. The molecule has 1 aromatic carbocycles. The van der Waals surface area contributed by atoms with E-state index in [0.29, 0.717) is 6.54 Å². The average molecular weight is 278 g/mol. The quantitative estimate of drug-likeness (QED) is 0.620. The van der Waals surface area contributed by atoms with Crippen LogP contribution in [0.25, 0.3) is 0 Å². The molecule has 19 heavy (non-hydrogen) atoms. The van der Waals surface area contributed by atoms with E-state index in [2.05, 4.69) is 17.2 Å². The molecule has 0 bridgehead atoms. The first-order valence-electron chi connectivity index (χ1n) is 6.30. The van der Waals surface area contributed by atoms with E-state index in [1.807, 2.05) is 51.1 Å². The molecule has 0 aliphatic heterocycles. The van der Waals surface area contributed by atoms with Gasteiger partial charge in [0.25, 0.3) is 0 Å². The molecule has 0 radical (unpaired) electrons. The molecule has 1 amide bonds. The lowest BCUT2D eigenvalue weighted by atomic mass is 10.1. The number of amides is 1. The lowest BCUT2D eigenvalue weighted by Crippen LogP contribution is -2.41. The minimum Gasteiger partial charge on any atom is -0.324 e. The molecule has 1 rings (SSSR count). The van der Waals surface area contributed by atoms with E-state index in [9.17, 15) is 4.79 Å². The maximum atomic E-state index is 11.9. The Morgan fingerprint density at radius 2 is 2.05 bits per heavy atom. The molecule has 1 aromatic rings. The maximum absolute atomic E-state index is 11.9. The second-order valence-corrected chi connectivity index (χ2v) is 6.31. The molecule has 0 aliphatic carbocycles. The zero-order valence-corrected chi connectivity index (χ0v) is 12.6. The number of carbonyl (C=O) groups is 1. The highest BCUT2D eigenvalue weighted by Crippen LogP contribution is 2.26. The summed E-state index contributed by atoms with van der Waals surface area (Å²) in [5, 5.41) is 6.10. The summed E-state index contributed by atoms with van der Waals surface area (Å²) in [6.07, 6.45) is 1.85. The van der Waals surface area contributed by atoms with Crippen molar-refractivity contribution in [2.24, 2.45) is 0 Å². The van der Waals surface area contributed by atoms with Crippen molar-refractivity contribution in [2.75, 3.05) is 17.6 Å². The van der Waals surface area contributed by atoms with Crippen LogP contribution in [0, 0.1) is 0 Å². The Hall–Kier alpha value is -1.26. The number of para-hydroxylation sites is 1. The number of thioether (sulfide) groups is 1. The summed E-state index contributed by atoms with van der Waals surface area (Å²) in [5.41, 5.74) is 0.795. The maximum Gasteiger partial charge on any atom is 0.238 e. The van der Waals surface area contributed by atoms with E-state index in [1.54, 1.807) is 11.8 Å². The number of nitrogens with one attached hydrogen (secondary N) is 2. The number of carbonyl (C=O) groups excluding carboxylic acids is 1. The lowest BCUT2D eigenvalue weighted by Gasteiger charge is -2.20. The van der Waals surface area contributed by atoms with Crippen LogP contribution in [0.15, 0.2) is 41.8 Å². The van der Waals surface area contributed by atoms with Gasteiger partial charge in [-0.3, -0.25) is 4.79 Å². The fourth-order valence-electron chi connectivity index (χ4n) is 1.38. The number of hydrogen-bond acceptors (Lipinski definition) is 3. The van der Waals surface area contributed by atoms with Gasteiger partial charge in [0.15, 0.2) is 0 Å². The van der Waals surface area contributed by atoms with Crippen LogP contribution in [0.2, 0.25) is 0 Å². The topological polar surface area (TPSA) is 41.1 Å². The van der Waals surface area contributed by atoms with Gasteiger partial charge in [0.2, 0.25) is 5.91 Å². The minimum atomic E-state index is -0.0611. The van der Waals surface area contributed by atoms with Gasteiger partial charge in [-0.2, -0.15) is 0 Å². The van der Waals surface area contributed by atoms with Crippen molar-refractivity contribution in [3.05, 3.63) is 36.9 Å². The third-order valence-corrected chi connectivity index (χ3v) is 3.37. The molecule has 2 N–H and O–H groups in total. The standard InChI is InChI=1S/C15H22N2OS/c1-5-10-19-13-9-7-6-8-12(13)17-14(18)11-16-15(2,3)4/h5-9,16H,1,10-11H2,2-4H3,(H,17,18). The molecule has 0 atom stereocenters. The normalized spacial score (nSPS) is 11.1. The molecule has 104 valence electrons. The van der Waals surface area contributed by atoms with Crippen LogP contribution in [-0.4, -0.2) is 23.7 Å².